The van der Waals surface area contributed by atoms with E-state index in [2.05, 4.69) is 61.5 Å². The molecule has 2 aromatic rings. The lowest BCUT2D eigenvalue weighted by molar-refractivity contribution is 0.437. The molecule has 1 aliphatic rings. The summed E-state index contributed by atoms with van der Waals surface area (Å²) in [5.41, 5.74) is 4.29. The minimum absolute atomic E-state index is 0.361. The molecule has 0 amide bonds. The molecular weight excluding hydrogens is 242 g/mol. The summed E-state index contributed by atoms with van der Waals surface area (Å²) in [6.45, 7) is 2.24. The maximum Gasteiger partial charge on any atom is 0.00985 e. The first kappa shape index (κ1) is 13.1. The Morgan fingerprint density at radius 2 is 1.65 bits per heavy atom. The number of nitrogens with one attached hydrogen (secondary N) is 1. The highest BCUT2D eigenvalue weighted by Crippen LogP contribution is 2.45. The van der Waals surface area contributed by atoms with Crippen LogP contribution in [0.2, 0.25) is 0 Å². The van der Waals surface area contributed by atoms with Crippen LogP contribution in [0.5, 0.6) is 0 Å². The third kappa shape index (κ3) is 2.18. The third-order valence-electron chi connectivity index (χ3n) is 4.65. The lowest BCUT2D eigenvalue weighted by atomic mass is 9.68. The fourth-order valence-corrected chi connectivity index (χ4v) is 3.67. The molecule has 0 aromatic heterocycles. The Morgan fingerprint density at radius 3 is 2.30 bits per heavy atom. The second-order valence-electron chi connectivity index (χ2n) is 5.67. The van der Waals surface area contributed by atoms with Crippen LogP contribution in [-0.2, 0) is 0 Å². The summed E-state index contributed by atoms with van der Waals surface area (Å²) in [5.74, 6) is 1.30. The first-order chi connectivity index (χ1) is 9.85. The molecule has 3 atom stereocenters. The molecule has 102 valence electrons. The van der Waals surface area contributed by atoms with Crippen LogP contribution in [0.15, 0.2) is 54.6 Å². The Labute approximate surface area is 121 Å². The molecule has 0 saturated heterocycles. The predicted octanol–water partition coefficient (Wildman–Crippen LogP) is 4.98. The highest BCUT2D eigenvalue weighted by molar-refractivity contribution is 5.62. The van der Waals surface area contributed by atoms with Gasteiger partial charge in [-0.15, -0.1) is 0 Å². The summed E-state index contributed by atoms with van der Waals surface area (Å²) in [5, 5.41) is 7.80. The Balaban J connectivity index is 2.10. The Morgan fingerprint density at radius 1 is 1.00 bits per heavy atom. The summed E-state index contributed by atoms with van der Waals surface area (Å²) < 4.78 is 0. The van der Waals surface area contributed by atoms with Gasteiger partial charge in [0.2, 0.25) is 0 Å². The van der Waals surface area contributed by atoms with Gasteiger partial charge in [-0.05, 0) is 41.7 Å². The molecule has 1 N–H and O–H groups in total. The monoisotopic (exact) mass is 263 g/mol. The fourth-order valence-electron chi connectivity index (χ4n) is 3.67. The van der Waals surface area contributed by atoms with Crippen molar-refractivity contribution >= 4 is 6.21 Å². The number of rotatable bonds is 3. The molecule has 1 nitrogen and oxygen atoms in total. The molecule has 20 heavy (non-hydrogen) atoms. The van der Waals surface area contributed by atoms with Crippen molar-refractivity contribution in [1.29, 1.82) is 5.41 Å². The van der Waals surface area contributed by atoms with Gasteiger partial charge in [-0.1, -0.05) is 61.5 Å². The molecule has 0 radical (unpaired) electrons. The van der Waals surface area contributed by atoms with Crippen molar-refractivity contribution in [2.24, 2.45) is 5.92 Å². The van der Waals surface area contributed by atoms with E-state index in [1.807, 2.05) is 0 Å². The second kappa shape index (κ2) is 5.62. The van der Waals surface area contributed by atoms with Crippen LogP contribution in [0.25, 0.3) is 0 Å². The topological polar surface area (TPSA) is 23.9 Å². The Bertz CT molecular complexity index is 588. The zero-order valence-electron chi connectivity index (χ0n) is 11.9. The molecule has 1 aliphatic carbocycles. The van der Waals surface area contributed by atoms with E-state index >= 15 is 0 Å². The van der Waals surface area contributed by atoms with Crippen molar-refractivity contribution < 1.29 is 0 Å². The summed E-state index contributed by atoms with van der Waals surface area (Å²) >= 11 is 0. The van der Waals surface area contributed by atoms with E-state index in [1.54, 1.807) is 6.21 Å². The second-order valence-corrected chi connectivity index (χ2v) is 5.67. The van der Waals surface area contributed by atoms with Crippen LogP contribution >= 0.6 is 0 Å². The lowest BCUT2D eigenvalue weighted by Gasteiger charge is -2.36. The van der Waals surface area contributed by atoms with Gasteiger partial charge >= 0.3 is 0 Å². The molecule has 0 saturated carbocycles. The number of fused-ring (bicyclic) bond motifs is 1. The van der Waals surface area contributed by atoms with E-state index in [9.17, 15) is 0 Å². The highest BCUT2D eigenvalue weighted by Gasteiger charge is 2.33. The van der Waals surface area contributed by atoms with Crippen molar-refractivity contribution in [1.82, 2.24) is 0 Å². The largest absolute Gasteiger partial charge is 0.313 e. The molecule has 0 aliphatic heterocycles. The average Bonchev–Trinajstić information content (AvgIpc) is 2.54. The summed E-state index contributed by atoms with van der Waals surface area (Å²) in [6.07, 6.45) is 3.83. The summed E-state index contributed by atoms with van der Waals surface area (Å²) in [4.78, 5) is 0. The van der Waals surface area contributed by atoms with Gasteiger partial charge in [0.25, 0.3) is 0 Å². The maximum atomic E-state index is 7.80. The molecule has 0 spiro atoms. The zero-order valence-corrected chi connectivity index (χ0v) is 11.9. The van der Waals surface area contributed by atoms with Crippen LogP contribution < -0.4 is 0 Å². The van der Waals surface area contributed by atoms with Gasteiger partial charge < -0.3 is 5.41 Å². The Kier molecular flexibility index (Phi) is 3.68. The van der Waals surface area contributed by atoms with Crippen LogP contribution in [0, 0.1) is 11.3 Å². The maximum absolute atomic E-state index is 7.80. The molecule has 2 aromatic carbocycles. The molecular formula is C19H21N. The number of benzene rings is 2. The smallest absolute Gasteiger partial charge is 0.00985 e. The van der Waals surface area contributed by atoms with Gasteiger partial charge in [0, 0.05) is 11.8 Å². The van der Waals surface area contributed by atoms with Crippen molar-refractivity contribution in [2.75, 3.05) is 0 Å². The van der Waals surface area contributed by atoms with E-state index in [0.29, 0.717) is 17.8 Å². The van der Waals surface area contributed by atoms with E-state index in [1.165, 1.54) is 16.7 Å². The first-order valence-electron chi connectivity index (χ1n) is 7.49. The molecule has 1 heteroatoms. The third-order valence-corrected chi connectivity index (χ3v) is 4.65. The van der Waals surface area contributed by atoms with Crippen LogP contribution in [-0.4, -0.2) is 6.21 Å². The van der Waals surface area contributed by atoms with Gasteiger partial charge in [-0.3, -0.25) is 0 Å². The van der Waals surface area contributed by atoms with Gasteiger partial charge in [-0.2, -0.15) is 0 Å². The van der Waals surface area contributed by atoms with Crippen molar-refractivity contribution in [3.05, 3.63) is 71.3 Å². The first-order valence-corrected chi connectivity index (χ1v) is 7.49. The fraction of sp³-hybridized carbons (Fsp3) is 0.316. The molecule has 0 fully saturated rings. The Hall–Kier alpha value is -1.89. The lowest BCUT2D eigenvalue weighted by Crippen LogP contribution is -2.25. The minimum atomic E-state index is 0.361. The van der Waals surface area contributed by atoms with Crippen LogP contribution in [0.3, 0.4) is 0 Å². The molecule has 0 heterocycles. The van der Waals surface area contributed by atoms with Gasteiger partial charge in [-0.25, -0.2) is 0 Å². The van der Waals surface area contributed by atoms with E-state index in [-0.39, 0.29) is 0 Å². The zero-order chi connectivity index (χ0) is 13.9. The highest BCUT2D eigenvalue weighted by atomic mass is 14.4. The molecule has 3 rings (SSSR count). The number of hydrogen-bond donors (Lipinski definition) is 1. The van der Waals surface area contributed by atoms with Gasteiger partial charge in [0.15, 0.2) is 0 Å². The SMILES string of the molecule is CCC1c2ccccc2C(c2ccccc2)CC1C=N. The normalized spacial score (nSPS) is 24.9. The van der Waals surface area contributed by atoms with E-state index in [0.717, 1.165) is 12.8 Å². The standard InChI is InChI=1S/C19H21N/c1-2-16-15(13-20)12-19(14-8-4-3-5-9-14)18-11-7-6-10-17(16)18/h3-11,13,15-16,19-20H,2,12H2,1H3. The van der Waals surface area contributed by atoms with Gasteiger partial charge in [0.05, 0.1) is 0 Å². The molecule has 3 unspecified atom stereocenters. The predicted molar refractivity (Wildman–Crippen MR) is 84.6 cm³/mol. The minimum Gasteiger partial charge on any atom is -0.313 e. The van der Waals surface area contributed by atoms with Crippen molar-refractivity contribution in [3.8, 4) is 0 Å². The summed E-state index contributed by atoms with van der Waals surface area (Å²) in [7, 11) is 0. The van der Waals surface area contributed by atoms with Crippen LogP contribution in [0.4, 0.5) is 0 Å². The van der Waals surface area contributed by atoms with Crippen molar-refractivity contribution in [2.45, 2.75) is 31.6 Å². The molecule has 0 bridgehead atoms. The average molecular weight is 263 g/mol. The number of hydrogen-bond acceptors (Lipinski definition) is 1. The van der Waals surface area contributed by atoms with Crippen molar-refractivity contribution in [3.63, 3.8) is 0 Å². The summed E-state index contributed by atoms with van der Waals surface area (Å²) in [6, 6.07) is 19.5. The van der Waals surface area contributed by atoms with Crippen LogP contribution in [0.1, 0.15) is 48.3 Å². The van der Waals surface area contributed by atoms with E-state index < -0.39 is 0 Å². The quantitative estimate of drug-likeness (QED) is 0.755. The van der Waals surface area contributed by atoms with Gasteiger partial charge in [0.1, 0.15) is 0 Å². The van der Waals surface area contributed by atoms with E-state index in [4.69, 9.17) is 5.41 Å².